The normalized spacial score (nSPS) is 11.2. The van der Waals surface area contributed by atoms with Crippen LogP contribution in [0.15, 0.2) is 6.07 Å². The Morgan fingerprint density at radius 3 is 2.45 bits per heavy atom. The van der Waals surface area contributed by atoms with Crippen LogP contribution in [-0.4, -0.2) is 26.3 Å². The first-order valence-corrected chi connectivity index (χ1v) is 7.07. The maximum Gasteiger partial charge on any atom is 0.165 e. The van der Waals surface area contributed by atoms with Gasteiger partial charge in [0.05, 0.1) is 11.3 Å². The van der Waals surface area contributed by atoms with E-state index < -0.39 is 0 Å². The van der Waals surface area contributed by atoms with Gasteiger partial charge in [-0.05, 0) is 26.7 Å². The fourth-order valence-electron chi connectivity index (χ4n) is 2.24. The van der Waals surface area contributed by atoms with Crippen LogP contribution in [0.5, 0.6) is 0 Å². The van der Waals surface area contributed by atoms with Crippen molar-refractivity contribution < 1.29 is 0 Å². The monoisotopic (exact) mass is 273 g/mol. The standard InChI is InChI=1S/C15H23N5/c1-7-16-13-8-12(9(2)3)17-15(18-13)14-10(4)19-20(6)11(14)5/h8-9H,7H2,1-6H3,(H,16,17,18). The van der Waals surface area contributed by atoms with Crippen molar-refractivity contribution in [3.05, 3.63) is 23.1 Å². The molecule has 0 amide bonds. The Morgan fingerprint density at radius 1 is 1.25 bits per heavy atom. The molecule has 108 valence electrons. The number of rotatable bonds is 4. The van der Waals surface area contributed by atoms with Crippen LogP contribution in [0.3, 0.4) is 0 Å². The molecule has 5 nitrogen and oxygen atoms in total. The molecule has 0 aliphatic rings. The molecule has 0 radical (unpaired) electrons. The third kappa shape index (κ3) is 2.66. The molecular formula is C15H23N5. The van der Waals surface area contributed by atoms with Crippen LogP contribution in [0, 0.1) is 13.8 Å². The minimum Gasteiger partial charge on any atom is -0.370 e. The average molecular weight is 273 g/mol. The Bertz CT molecular complexity index is 613. The lowest BCUT2D eigenvalue weighted by molar-refractivity contribution is 0.731. The Morgan fingerprint density at radius 2 is 1.95 bits per heavy atom. The van der Waals surface area contributed by atoms with Gasteiger partial charge in [0.25, 0.3) is 0 Å². The van der Waals surface area contributed by atoms with Crippen molar-refractivity contribution in [1.82, 2.24) is 19.7 Å². The zero-order chi connectivity index (χ0) is 14.9. The zero-order valence-electron chi connectivity index (χ0n) is 13.2. The maximum atomic E-state index is 4.72. The first kappa shape index (κ1) is 14.5. The second kappa shape index (κ2) is 5.61. The van der Waals surface area contributed by atoms with Crippen molar-refractivity contribution in [2.45, 2.75) is 40.5 Å². The van der Waals surface area contributed by atoms with Gasteiger partial charge in [-0.2, -0.15) is 5.10 Å². The fourth-order valence-corrected chi connectivity index (χ4v) is 2.24. The second-order valence-corrected chi connectivity index (χ2v) is 5.36. The summed E-state index contributed by atoms with van der Waals surface area (Å²) in [6.07, 6.45) is 0. The highest BCUT2D eigenvalue weighted by Gasteiger charge is 2.16. The largest absolute Gasteiger partial charge is 0.370 e. The van der Waals surface area contributed by atoms with Gasteiger partial charge in [0.2, 0.25) is 0 Å². The lowest BCUT2D eigenvalue weighted by atomic mass is 10.1. The Labute approximate surface area is 120 Å². The molecule has 2 aromatic rings. The molecule has 0 unspecified atom stereocenters. The molecule has 0 aliphatic heterocycles. The summed E-state index contributed by atoms with van der Waals surface area (Å²) in [4.78, 5) is 9.35. The van der Waals surface area contributed by atoms with Crippen LogP contribution in [-0.2, 0) is 7.05 Å². The van der Waals surface area contributed by atoms with E-state index in [1.165, 1.54) is 0 Å². The summed E-state index contributed by atoms with van der Waals surface area (Å²) in [6.45, 7) is 11.3. The van der Waals surface area contributed by atoms with Gasteiger partial charge in [-0.15, -0.1) is 0 Å². The quantitative estimate of drug-likeness (QED) is 0.930. The van der Waals surface area contributed by atoms with Gasteiger partial charge in [0, 0.05) is 31.0 Å². The van der Waals surface area contributed by atoms with E-state index in [1.807, 2.05) is 31.6 Å². The van der Waals surface area contributed by atoms with E-state index in [2.05, 4.69) is 36.2 Å². The minimum absolute atomic E-state index is 0.367. The topological polar surface area (TPSA) is 55.6 Å². The van der Waals surface area contributed by atoms with Gasteiger partial charge in [0.15, 0.2) is 5.82 Å². The Hall–Kier alpha value is -1.91. The van der Waals surface area contributed by atoms with Gasteiger partial charge < -0.3 is 5.32 Å². The predicted molar refractivity (Wildman–Crippen MR) is 82.0 cm³/mol. The van der Waals surface area contributed by atoms with E-state index in [1.54, 1.807) is 0 Å². The lowest BCUT2D eigenvalue weighted by Gasteiger charge is -2.11. The lowest BCUT2D eigenvalue weighted by Crippen LogP contribution is -2.05. The van der Waals surface area contributed by atoms with E-state index >= 15 is 0 Å². The van der Waals surface area contributed by atoms with Gasteiger partial charge in [-0.3, -0.25) is 4.68 Å². The van der Waals surface area contributed by atoms with Crippen LogP contribution < -0.4 is 5.32 Å². The molecule has 0 aromatic carbocycles. The van der Waals surface area contributed by atoms with Crippen molar-refractivity contribution in [1.29, 1.82) is 0 Å². The molecular weight excluding hydrogens is 250 g/mol. The van der Waals surface area contributed by atoms with E-state index in [0.717, 1.165) is 40.8 Å². The maximum absolute atomic E-state index is 4.72. The van der Waals surface area contributed by atoms with Crippen molar-refractivity contribution in [3.63, 3.8) is 0 Å². The summed E-state index contributed by atoms with van der Waals surface area (Å²) in [5, 5.41) is 7.73. The van der Waals surface area contributed by atoms with Crippen molar-refractivity contribution in [3.8, 4) is 11.4 Å². The summed E-state index contributed by atoms with van der Waals surface area (Å²) >= 11 is 0. The van der Waals surface area contributed by atoms with Gasteiger partial charge >= 0.3 is 0 Å². The number of aryl methyl sites for hydroxylation is 2. The first-order valence-electron chi connectivity index (χ1n) is 7.07. The molecule has 0 atom stereocenters. The van der Waals surface area contributed by atoms with E-state index in [0.29, 0.717) is 5.92 Å². The van der Waals surface area contributed by atoms with E-state index in [-0.39, 0.29) is 0 Å². The first-order chi connectivity index (χ1) is 9.43. The number of hydrogen-bond acceptors (Lipinski definition) is 4. The zero-order valence-corrected chi connectivity index (χ0v) is 13.2. The molecule has 2 heterocycles. The number of aromatic nitrogens is 4. The average Bonchev–Trinajstić information content (AvgIpc) is 2.63. The number of anilines is 1. The highest BCUT2D eigenvalue weighted by Crippen LogP contribution is 2.26. The van der Waals surface area contributed by atoms with Crippen LogP contribution in [0.1, 0.15) is 43.8 Å². The highest BCUT2D eigenvalue weighted by atomic mass is 15.3. The molecule has 0 spiro atoms. The molecule has 20 heavy (non-hydrogen) atoms. The third-order valence-corrected chi connectivity index (χ3v) is 3.43. The molecule has 0 saturated heterocycles. The predicted octanol–water partition coefficient (Wildman–Crippen LogP) is 3.05. The van der Waals surface area contributed by atoms with Crippen molar-refractivity contribution in [2.75, 3.05) is 11.9 Å². The summed E-state index contributed by atoms with van der Waals surface area (Å²) in [7, 11) is 1.95. The van der Waals surface area contributed by atoms with E-state index in [4.69, 9.17) is 4.98 Å². The highest BCUT2D eigenvalue weighted by molar-refractivity contribution is 5.63. The van der Waals surface area contributed by atoms with Crippen LogP contribution >= 0.6 is 0 Å². The van der Waals surface area contributed by atoms with Crippen LogP contribution in [0.4, 0.5) is 5.82 Å². The van der Waals surface area contributed by atoms with E-state index in [9.17, 15) is 0 Å². The minimum atomic E-state index is 0.367. The fraction of sp³-hybridized carbons (Fsp3) is 0.533. The van der Waals surface area contributed by atoms with Crippen molar-refractivity contribution >= 4 is 5.82 Å². The molecule has 2 aromatic heterocycles. The summed E-state index contributed by atoms with van der Waals surface area (Å²) in [6, 6.07) is 2.03. The molecule has 0 bridgehead atoms. The Kier molecular flexibility index (Phi) is 4.06. The van der Waals surface area contributed by atoms with Crippen LogP contribution in [0.2, 0.25) is 0 Å². The molecule has 1 N–H and O–H groups in total. The number of nitrogens with one attached hydrogen (secondary N) is 1. The SMILES string of the molecule is CCNc1cc(C(C)C)nc(-c2c(C)nn(C)c2C)n1. The second-order valence-electron chi connectivity index (χ2n) is 5.36. The molecule has 5 heteroatoms. The smallest absolute Gasteiger partial charge is 0.165 e. The Balaban J connectivity index is 2.60. The summed E-state index contributed by atoms with van der Waals surface area (Å²) < 4.78 is 1.88. The summed E-state index contributed by atoms with van der Waals surface area (Å²) in [5.41, 5.74) is 4.14. The molecule has 0 aliphatic carbocycles. The molecule has 0 fully saturated rings. The summed E-state index contributed by atoms with van der Waals surface area (Å²) in [5.74, 6) is 2.01. The van der Waals surface area contributed by atoms with Gasteiger partial charge in [0.1, 0.15) is 5.82 Å². The number of hydrogen-bond donors (Lipinski definition) is 1. The molecule has 0 saturated carbocycles. The van der Waals surface area contributed by atoms with Crippen molar-refractivity contribution in [2.24, 2.45) is 7.05 Å². The van der Waals surface area contributed by atoms with Gasteiger partial charge in [-0.25, -0.2) is 9.97 Å². The van der Waals surface area contributed by atoms with Crippen LogP contribution in [0.25, 0.3) is 11.4 Å². The molecule has 2 rings (SSSR count). The number of nitrogens with zero attached hydrogens (tertiary/aromatic N) is 4. The third-order valence-electron chi connectivity index (χ3n) is 3.43. The van der Waals surface area contributed by atoms with Gasteiger partial charge in [-0.1, -0.05) is 13.8 Å².